The van der Waals surface area contributed by atoms with Gasteiger partial charge in [-0.05, 0) is 155 Å². The molecule has 0 fully saturated rings. The quantitative estimate of drug-likeness (QED) is 0.0961. The van der Waals surface area contributed by atoms with Crippen LogP contribution in [0.3, 0.4) is 0 Å². The zero-order valence-electron chi connectivity index (χ0n) is 35.3. The van der Waals surface area contributed by atoms with Crippen LogP contribution in [0.4, 0.5) is 34.1 Å². The van der Waals surface area contributed by atoms with E-state index in [-0.39, 0.29) is 0 Å². The van der Waals surface area contributed by atoms with Crippen LogP contribution in [0.15, 0.2) is 194 Å². The molecule has 0 aliphatic heterocycles. The average molecular weight is 813 g/mol. The first kappa shape index (κ1) is 40.8. The van der Waals surface area contributed by atoms with Crippen LogP contribution >= 0.6 is 0 Å². The number of hydrogen-bond acceptors (Lipinski definition) is 6. The van der Waals surface area contributed by atoms with Crippen molar-refractivity contribution in [1.82, 2.24) is 0 Å². The van der Waals surface area contributed by atoms with Crippen LogP contribution in [0.1, 0.15) is 22.3 Å². The summed E-state index contributed by atoms with van der Waals surface area (Å²) in [6.07, 6.45) is 8.60. The molecule has 0 heterocycles. The van der Waals surface area contributed by atoms with Gasteiger partial charge in [-0.1, -0.05) is 97.1 Å². The van der Waals surface area contributed by atoms with Crippen molar-refractivity contribution in [2.45, 2.75) is 0 Å². The zero-order valence-corrected chi connectivity index (χ0v) is 35.3. The van der Waals surface area contributed by atoms with Crippen LogP contribution < -0.4 is 28.7 Å². The molecule has 0 atom stereocenters. The summed E-state index contributed by atoms with van der Waals surface area (Å²) in [7, 11) is 6.72. The van der Waals surface area contributed by atoms with Gasteiger partial charge in [-0.2, -0.15) is 0 Å². The smallest absolute Gasteiger partial charge is 0.119 e. The minimum absolute atomic E-state index is 0.818. The fourth-order valence-electron chi connectivity index (χ4n) is 7.25. The summed E-state index contributed by atoms with van der Waals surface area (Å²) in [5.41, 5.74) is 13.1. The minimum Gasteiger partial charge on any atom is -0.497 e. The summed E-state index contributed by atoms with van der Waals surface area (Å²) in [6.45, 7) is 0. The lowest BCUT2D eigenvalue weighted by molar-refractivity contribution is 0.414. The second kappa shape index (κ2) is 19.4. The lowest BCUT2D eigenvalue weighted by atomic mass is 10.0. The normalized spacial score (nSPS) is 11.1. The zero-order chi connectivity index (χ0) is 42.7. The molecule has 6 heteroatoms. The van der Waals surface area contributed by atoms with Crippen molar-refractivity contribution in [3.8, 4) is 34.1 Å². The Hall–Kier alpha value is -7.96. The van der Waals surface area contributed by atoms with E-state index in [1.54, 1.807) is 28.4 Å². The molecule has 0 bridgehead atoms. The van der Waals surface area contributed by atoms with Crippen molar-refractivity contribution in [2.75, 3.05) is 38.2 Å². The molecular weight excluding hydrogens is 765 g/mol. The highest BCUT2D eigenvalue weighted by Gasteiger charge is 2.14. The first-order valence-electron chi connectivity index (χ1n) is 20.4. The molecular formula is C56H48N2O4. The molecule has 0 saturated carbocycles. The van der Waals surface area contributed by atoms with Gasteiger partial charge in [0.25, 0.3) is 0 Å². The van der Waals surface area contributed by atoms with E-state index in [4.69, 9.17) is 18.9 Å². The number of anilines is 6. The molecule has 6 nitrogen and oxygen atoms in total. The van der Waals surface area contributed by atoms with Crippen LogP contribution in [-0.4, -0.2) is 28.4 Å². The number of benzene rings is 8. The summed E-state index contributed by atoms with van der Waals surface area (Å²) in [5.74, 6) is 3.27. The number of methoxy groups -OCH3 is 4. The second-order valence-corrected chi connectivity index (χ2v) is 14.6. The highest BCUT2D eigenvalue weighted by Crippen LogP contribution is 2.38. The summed E-state index contributed by atoms with van der Waals surface area (Å²) >= 11 is 0. The molecule has 8 aromatic carbocycles. The Bertz CT molecular complexity index is 2420. The summed E-state index contributed by atoms with van der Waals surface area (Å²) in [4.78, 5) is 4.44. The third-order valence-corrected chi connectivity index (χ3v) is 10.7. The predicted molar refractivity (Wildman–Crippen MR) is 258 cm³/mol. The van der Waals surface area contributed by atoms with E-state index < -0.39 is 0 Å². The lowest BCUT2D eigenvalue weighted by Crippen LogP contribution is -2.09. The Morgan fingerprint density at radius 2 is 0.419 bits per heavy atom. The van der Waals surface area contributed by atoms with Crippen LogP contribution in [0.25, 0.3) is 35.4 Å². The molecule has 0 aromatic heterocycles. The molecule has 306 valence electrons. The Kier molecular flexibility index (Phi) is 12.8. The number of nitrogens with zero attached hydrogens (tertiary/aromatic N) is 2. The van der Waals surface area contributed by atoms with Gasteiger partial charge in [0.05, 0.1) is 28.4 Å². The number of ether oxygens (including phenoxy) is 4. The predicted octanol–water partition coefficient (Wildman–Crippen LogP) is 14.7. The summed E-state index contributed by atoms with van der Waals surface area (Å²) in [6, 6.07) is 66.9. The lowest BCUT2D eigenvalue weighted by Gasteiger charge is -2.26. The molecule has 0 spiro atoms. The molecule has 8 aromatic rings. The molecule has 0 N–H and O–H groups in total. The van der Waals surface area contributed by atoms with Crippen molar-refractivity contribution >= 4 is 58.4 Å². The molecule has 0 saturated heterocycles. The fourth-order valence-corrected chi connectivity index (χ4v) is 7.25. The van der Waals surface area contributed by atoms with E-state index in [1.165, 1.54) is 11.1 Å². The number of hydrogen-bond donors (Lipinski definition) is 0. The van der Waals surface area contributed by atoms with E-state index in [0.717, 1.165) is 79.4 Å². The van der Waals surface area contributed by atoms with Gasteiger partial charge in [0.2, 0.25) is 0 Å². The van der Waals surface area contributed by atoms with Gasteiger partial charge in [0, 0.05) is 34.1 Å². The van der Waals surface area contributed by atoms with Gasteiger partial charge in [0.15, 0.2) is 0 Å². The average Bonchev–Trinajstić information content (AvgIpc) is 3.35. The molecule has 62 heavy (non-hydrogen) atoms. The van der Waals surface area contributed by atoms with Crippen molar-refractivity contribution in [1.29, 1.82) is 0 Å². The number of rotatable bonds is 15. The maximum Gasteiger partial charge on any atom is 0.119 e. The second-order valence-electron chi connectivity index (χ2n) is 14.6. The standard InChI is InChI=1S/C56H48N2O4/c1-59-53-33-25-49(26-34-53)57(50-27-35-54(60-2)36-28-50)47-21-13-43(14-22-47)7-5-41-9-17-45(18-10-41)46-19-11-42(12-20-46)6-8-44-15-23-48(24-16-44)58(51-29-37-55(61-3)38-30-51)52-31-39-56(62-4)40-32-52/h5-40H,1-4H3/b7-5+,8-6+. The third-order valence-electron chi connectivity index (χ3n) is 10.7. The van der Waals surface area contributed by atoms with Crippen molar-refractivity contribution < 1.29 is 18.9 Å². The van der Waals surface area contributed by atoms with Gasteiger partial charge in [0.1, 0.15) is 23.0 Å². The topological polar surface area (TPSA) is 43.4 Å². The van der Waals surface area contributed by atoms with Gasteiger partial charge in [-0.3, -0.25) is 0 Å². The van der Waals surface area contributed by atoms with E-state index in [1.807, 2.05) is 48.5 Å². The van der Waals surface area contributed by atoms with E-state index >= 15 is 0 Å². The SMILES string of the molecule is COc1ccc(N(c2ccc(/C=C/c3ccc(-c4ccc(/C=C/c5ccc(N(c6ccc(OC)cc6)c6ccc(OC)cc6)cc5)cc4)cc3)cc2)c2ccc(OC)cc2)cc1. The third kappa shape index (κ3) is 9.73. The van der Waals surface area contributed by atoms with Gasteiger partial charge >= 0.3 is 0 Å². The minimum atomic E-state index is 0.818. The maximum atomic E-state index is 5.41. The Labute approximate surface area is 364 Å². The highest BCUT2D eigenvalue weighted by molar-refractivity contribution is 5.81. The molecule has 0 radical (unpaired) electrons. The van der Waals surface area contributed by atoms with Crippen molar-refractivity contribution in [3.63, 3.8) is 0 Å². The first-order chi connectivity index (χ1) is 30.5. The van der Waals surface area contributed by atoms with Crippen LogP contribution in [-0.2, 0) is 0 Å². The molecule has 8 rings (SSSR count). The summed E-state index contributed by atoms with van der Waals surface area (Å²) < 4.78 is 21.6. The molecule has 0 unspecified atom stereocenters. The Balaban J connectivity index is 0.909. The Morgan fingerprint density at radius 1 is 0.242 bits per heavy atom. The van der Waals surface area contributed by atoms with Gasteiger partial charge in [-0.15, -0.1) is 0 Å². The van der Waals surface area contributed by atoms with Gasteiger partial charge in [-0.25, -0.2) is 0 Å². The monoisotopic (exact) mass is 812 g/mol. The van der Waals surface area contributed by atoms with Crippen molar-refractivity contribution in [2.24, 2.45) is 0 Å². The van der Waals surface area contributed by atoms with Crippen LogP contribution in [0.2, 0.25) is 0 Å². The van der Waals surface area contributed by atoms with Crippen LogP contribution in [0, 0.1) is 0 Å². The van der Waals surface area contributed by atoms with E-state index in [2.05, 4.69) is 180 Å². The van der Waals surface area contributed by atoms with Gasteiger partial charge < -0.3 is 28.7 Å². The van der Waals surface area contributed by atoms with E-state index in [9.17, 15) is 0 Å². The Morgan fingerprint density at radius 3 is 0.613 bits per heavy atom. The summed E-state index contributed by atoms with van der Waals surface area (Å²) in [5, 5.41) is 0. The fraction of sp³-hybridized carbons (Fsp3) is 0.0714. The molecule has 0 aliphatic carbocycles. The van der Waals surface area contributed by atoms with E-state index in [0.29, 0.717) is 0 Å². The molecule has 0 aliphatic rings. The largest absolute Gasteiger partial charge is 0.497 e. The first-order valence-corrected chi connectivity index (χ1v) is 20.4. The van der Waals surface area contributed by atoms with Crippen LogP contribution in [0.5, 0.6) is 23.0 Å². The highest BCUT2D eigenvalue weighted by atomic mass is 16.5. The maximum absolute atomic E-state index is 5.41. The molecule has 0 amide bonds. The van der Waals surface area contributed by atoms with Crippen molar-refractivity contribution in [3.05, 3.63) is 216 Å².